The first-order valence-corrected chi connectivity index (χ1v) is 6.63. The Bertz CT molecular complexity index is 462. The van der Waals surface area contributed by atoms with Gasteiger partial charge in [-0.2, -0.15) is 0 Å². The molecule has 1 rings (SSSR count). The zero-order valence-electron chi connectivity index (χ0n) is 11.8. The Labute approximate surface area is 118 Å². The van der Waals surface area contributed by atoms with Gasteiger partial charge in [0.15, 0.2) is 0 Å². The van der Waals surface area contributed by atoms with E-state index >= 15 is 0 Å². The molecule has 0 aliphatic carbocycles. The number of carbonyl (C=O) groups is 1. The molecule has 0 saturated heterocycles. The number of methoxy groups -OCH3 is 1. The standard InChI is InChI=1S/C14H20N2O4/c1-3-5-13(15-9-8-14(17)20-2)11-6-4-7-12(10-11)16(18)19/h4,6-7,10,13,15H,3,5,8-9H2,1-2H3. The molecule has 20 heavy (non-hydrogen) atoms. The molecule has 0 aliphatic rings. The second kappa shape index (κ2) is 8.27. The second-order valence-electron chi connectivity index (χ2n) is 4.47. The maximum absolute atomic E-state index is 11.1. The van der Waals surface area contributed by atoms with Crippen molar-refractivity contribution >= 4 is 11.7 Å². The molecule has 0 heterocycles. The van der Waals surface area contributed by atoms with Crippen LogP contribution in [-0.2, 0) is 9.53 Å². The van der Waals surface area contributed by atoms with Crippen molar-refractivity contribution in [2.75, 3.05) is 13.7 Å². The summed E-state index contributed by atoms with van der Waals surface area (Å²) in [6.45, 7) is 2.53. The molecular weight excluding hydrogens is 260 g/mol. The highest BCUT2D eigenvalue weighted by Crippen LogP contribution is 2.22. The molecule has 0 spiro atoms. The molecule has 0 fully saturated rings. The Balaban J connectivity index is 2.72. The molecule has 1 aromatic carbocycles. The SMILES string of the molecule is CCCC(NCCC(=O)OC)c1cccc([N+](=O)[O-])c1. The Morgan fingerprint density at radius 1 is 1.50 bits per heavy atom. The molecule has 0 saturated carbocycles. The summed E-state index contributed by atoms with van der Waals surface area (Å²) in [4.78, 5) is 21.5. The lowest BCUT2D eigenvalue weighted by molar-refractivity contribution is -0.384. The van der Waals surface area contributed by atoms with E-state index in [0.29, 0.717) is 6.54 Å². The van der Waals surface area contributed by atoms with Gasteiger partial charge in [0.1, 0.15) is 0 Å². The fourth-order valence-corrected chi connectivity index (χ4v) is 1.98. The van der Waals surface area contributed by atoms with Gasteiger partial charge in [-0.3, -0.25) is 14.9 Å². The number of non-ortho nitro benzene ring substituents is 1. The van der Waals surface area contributed by atoms with Gasteiger partial charge in [-0.1, -0.05) is 25.5 Å². The van der Waals surface area contributed by atoms with Crippen LogP contribution in [0.25, 0.3) is 0 Å². The maximum atomic E-state index is 11.1. The van der Waals surface area contributed by atoms with Crippen molar-refractivity contribution in [1.82, 2.24) is 5.32 Å². The molecule has 1 N–H and O–H groups in total. The Morgan fingerprint density at radius 2 is 2.25 bits per heavy atom. The van der Waals surface area contributed by atoms with E-state index in [9.17, 15) is 14.9 Å². The third-order valence-corrected chi connectivity index (χ3v) is 3.01. The van der Waals surface area contributed by atoms with E-state index in [0.717, 1.165) is 18.4 Å². The van der Waals surface area contributed by atoms with Crippen molar-refractivity contribution in [2.24, 2.45) is 0 Å². The maximum Gasteiger partial charge on any atom is 0.306 e. The van der Waals surface area contributed by atoms with Crippen molar-refractivity contribution in [3.63, 3.8) is 0 Å². The topological polar surface area (TPSA) is 81.5 Å². The Morgan fingerprint density at radius 3 is 2.85 bits per heavy atom. The lowest BCUT2D eigenvalue weighted by Crippen LogP contribution is -2.24. The van der Waals surface area contributed by atoms with Gasteiger partial charge in [0, 0.05) is 24.7 Å². The first kappa shape index (κ1) is 16.1. The van der Waals surface area contributed by atoms with Gasteiger partial charge < -0.3 is 10.1 Å². The first-order chi connectivity index (χ1) is 9.58. The van der Waals surface area contributed by atoms with Gasteiger partial charge in [0.2, 0.25) is 0 Å². The van der Waals surface area contributed by atoms with Crippen LogP contribution in [0.4, 0.5) is 5.69 Å². The second-order valence-corrected chi connectivity index (χ2v) is 4.47. The predicted molar refractivity (Wildman–Crippen MR) is 75.4 cm³/mol. The summed E-state index contributed by atoms with van der Waals surface area (Å²) >= 11 is 0. The molecule has 0 aromatic heterocycles. The highest BCUT2D eigenvalue weighted by Gasteiger charge is 2.14. The largest absolute Gasteiger partial charge is 0.469 e. The van der Waals surface area contributed by atoms with Gasteiger partial charge in [-0.15, -0.1) is 0 Å². The van der Waals surface area contributed by atoms with Gasteiger partial charge in [0.25, 0.3) is 5.69 Å². The van der Waals surface area contributed by atoms with E-state index in [1.165, 1.54) is 13.2 Å². The van der Waals surface area contributed by atoms with Crippen LogP contribution in [0, 0.1) is 10.1 Å². The van der Waals surface area contributed by atoms with Crippen LogP contribution in [-0.4, -0.2) is 24.5 Å². The molecule has 1 atom stereocenters. The number of benzene rings is 1. The number of rotatable bonds is 8. The number of nitrogens with one attached hydrogen (secondary N) is 1. The van der Waals surface area contributed by atoms with Gasteiger partial charge >= 0.3 is 5.97 Å². The number of nitrogens with zero attached hydrogens (tertiary/aromatic N) is 1. The van der Waals surface area contributed by atoms with Crippen LogP contribution in [0.15, 0.2) is 24.3 Å². The summed E-state index contributed by atoms with van der Waals surface area (Å²) in [5.74, 6) is -0.271. The normalized spacial score (nSPS) is 11.9. The number of ether oxygens (including phenoxy) is 1. The molecule has 1 aromatic rings. The minimum absolute atomic E-state index is 0.00422. The molecule has 0 radical (unpaired) electrons. The number of nitro benzene ring substituents is 1. The fraction of sp³-hybridized carbons (Fsp3) is 0.500. The third-order valence-electron chi connectivity index (χ3n) is 3.01. The monoisotopic (exact) mass is 280 g/mol. The van der Waals surface area contributed by atoms with Gasteiger partial charge in [0.05, 0.1) is 18.5 Å². The van der Waals surface area contributed by atoms with Crippen LogP contribution in [0.2, 0.25) is 0 Å². The highest BCUT2D eigenvalue weighted by molar-refractivity contribution is 5.69. The fourth-order valence-electron chi connectivity index (χ4n) is 1.98. The molecule has 6 nitrogen and oxygen atoms in total. The first-order valence-electron chi connectivity index (χ1n) is 6.63. The molecule has 0 aliphatic heterocycles. The van der Waals surface area contributed by atoms with Gasteiger partial charge in [-0.25, -0.2) is 0 Å². The number of hydrogen-bond acceptors (Lipinski definition) is 5. The lowest BCUT2D eigenvalue weighted by atomic mass is 10.0. The highest BCUT2D eigenvalue weighted by atomic mass is 16.6. The van der Waals surface area contributed by atoms with Crippen LogP contribution in [0.3, 0.4) is 0 Å². The zero-order chi connectivity index (χ0) is 15.0. The average molecular weight is 280 g/mol. The summed E-state index contributed by atoms with van der Waals surface area (Å²) in [5, 5.41) is 14.0. The lowest BCUT2D eigenvalue weighted by Gasteiger charge is -2.18. The third kappa shape index (κ3) is 4.97. The predicted octanol–water partition coefficient (Wildman–Crippen LogP) is 2.59. The summed E-state index contributed by atoms with van der Waals surface area (Å²) in [5.41, 5.74) is 0.948. The van der Waals surface area contributed by atoms with E-state index in [2.05, 4.69) is 10.1 Å². The van der Waals surface area contributed by atoms with Crippen LogP contribution in [0.5, 0.6) is 0 Å². The number of hydrogen-bond donors (Lipinski definition) is 1. The number of carbonyl (C=O) groups excluding carboxylic acids is 1. The molecule has 1 unspecified atom stereocenters. The van der Waals surface area contributed by atoms with Crippen molar-refractivity contribution in [3.05, 3.63) is 39.9 Å². The number of esters is 1. The molecule has 110 valence electrons. The van der Waals surface area contributed by atoms with E-state index in [-0.39, 0.29) is 24.1 Å². The minimum Gasteiger partial charge on any atom is -0.469 e. The van der Waals surface area contributed by atoms with Crippen molar-refractivity contribution < 1.29 is 14.5 Å². The summed E-state index contributed by atoms with van der Waals surface area (Å²) in [6, 6.07) is 6.59. The van der Waals surface area contributed by atoms with E-state index < -0.39 is 4.92 Å². The quantitative estimate of drug-likeness (QED) is 0.449. The van der Waals surface area contributed by atoms with E-state index in [1.54, 1.807) is 12.1 Å². The van der Waals surface area contributed by atoms with E-state index in [4.69, 9.17) is 0 Å². The van der Waals surface area contributed by atoms with Crippen LogP contribution >= 0.6 is 0 Å². The van der Waals surface area contributed by atoms with Crippen LogP contribution < -0.4 is 5.32 Å². The average Bonchev–Trinajstić information content (AvgIpc) is 2.46. The summed E-state index contributed by atoms with van der Waals surface area (Å²) < 4.78 is 4.58. The molecule has 0 amide bonds. The Kier molecular flexibility index (Phi) is 6.66. The van der Waals surface area contributed by atoms with Crippen molar-refractivity contribution in [2.45, 2.75) is 32.2 Å². The molecule has 0 bridgehead atoms. The minimum atomic E-state index is -0.402. The zero-order valence-corrected chi connectivity index (χ0v) is 11.8. The molecular formula is C14H20N2O4. The Hall–Kier alpha value is -1.95. The van der Waals surface area contributed by atoms with E-state index in [1.807, 2.05) is 13.0 Å². The smallest absolute Gasteiger partial charge is 0.306 e. The van der Waals surface area contributed by atoms with Gasteiger partial charge in [-0.05, 0) is 12.0 Å². The van der Waals surface area contributed by atoms with Crippen molar-refractivity contribution in [3.8, 4) is 0 Å². The molecule has 6 heteroatoms. The summed E-state index contributed by atoms with van der Waals surface area (Å²) in [6.07, 6.45) is 2.08. The number of nitro groups is 1. The summed E-state index contributed by atoms with van der Waals surface area (Å²) in [7, 11) is 1.35. The van der Waals surface area contributed by atoms with Crippen molar-refractivity contribution in [1.29, 1.82) is 0 Å². The van der Waals surface area contributed by atoms with Crippen LogP contribution in [0.1, 0.15) is 37.8 Å².